The highest BCUT2D eigenvalue weighted by molar-refractivity contribution is 7.89. The lowest BCUT2D eigenvalue weighted by Crippen LogP contribution is -2.32. The molecule has 1 fully saturated rings. The number of nitro benzene ring substituents is 1. The molecule has 0 bridgehead atoms. The van der Waals surface area contributed by atoms with Gasteiger partial charge in [0.05, 0.1) is 22.5 Å². The van der Waals surface area contributed by atoms with Gasteiger partial charge in [-0.2, -0.15) is 0 Å². The Labute approximate surface area is 122 Å². The zero-order valence-corrected chi connectivity index (χ0v) is 12.3. The summed E-state index contributed by atoms with van der Waals surface area (Å²) in [5, 5.41) is 20.6. The van der Waals surface area contributed by atoms with Gasteiger partial charge in [-0.3, -0.25) is 10.1 Å². The second kappa shape index (κ2) is 5.96. The Morgan fingerprint density at radius 1 is 1.52 bits per heavy atom. The molecule has 0 unspecified atom stereocenters. The Morgan fingerprint density at radius 3 is 2.81 bits per heavy atom. The van der Waals surface area contributed by atoms with Gasteiger partial charge in [0.15, 0.2) is 0 Å². The molecule has 0 radical (unpaired) electrons. The molecule has 2 rings (SSSR count). The van der Waals surface area contributed by atoms with Gasteiger partial charge in [0, 0.05) is 12.6 Å². The van der Waals surface area contributed by atoms with E-state index >= 15 is 0 Å². The standard InChI is InChI=1S/C12H17N3O5S/c1-13-21(19,20)10-4-5-11(12(7-10)15(17)18)14-6-2-3-9(14)8-16/h4-5,7,9,13,16H,2-3,6,8H2,1H3/t9-/m1/s1. The largest absolute Gasteiger partial charge is 0.394 e. The maximum absolute atomic E-state index is 11.7. The Kier molecular flexibility index (Phi) is 4.45. The normalized spacial score (nSPS) is 19.0. The molecular weight excluding hydrogens is 298 g/mol. The fourth-order valence-corrected chi connectivity index (χ4v) is 3.27. The van der Waals surface area contributed by atoms with Gasteiger partial charge in [0.25, 0.3) is 5.69 Å². The van der Waals surface area contributed by atoms with Crippen LogP contribution in [0.15, 0.2) is 23.1 Å². The molecule has 1 aromatic rings. The third-order valence-corrected chi connectivity index (χ3v) is 5.03. The number of nitro groups is 1. The van der Waals surface area contributed by atoms with Crippen LogP contribution in [0.5, 0.6) is 0 Å². The summed E-state index contributed by atoms with van der Waals surface area (Å²) < 4.78 is 25.6. The number of nitrogens with one attached hydrogen (secondary N) is 1. The van der Waals surface area contributed by atoms with E-state index in [0.717, 1.165) is 18.9 Å². The average Bonchev–Trinajstić information content (AvgIpc) is 2.94. The molecule has 0 amide bonds. The van der Waals surface area contributed by atoms with E-state index in [1.807, 2.05) is 0 Å². The molecule has 0 aliphatic carbocycles. The fourth-order valence-electron chi connectivity index (χ4n) is 2.52. The summed E-state index contributed by atoms with van der Waals surface area (Å²) in [4.78, 5) is 12.2. The number of benzene rings is 1. The molecule has 116 valence electrons. The monoisotopic (exact) mass is 315 g/mol. The molecule has 1 aliphatic heterocycles. The first-order valence-electron chi connectivity index (χ1n) is 6.50. The van der Waals surface area contributed by atoms with Gasteiger partial charge in [0.2, 0.25) is 10.0 Å². The summed E-state index contributed by atoms with van der Waals surface area (Å²) in [6.45, 7) is 0.512. The molecular formula is C12H17N3O5S. The summed E-state index contributed by atoms with van der Waals surface area (Å²) >= 11 is 0. The first kappa shape index (κ1) is 15.7. The number of sulfonamides is 1. The molecule has 1 atom stereocenters. The molecule has 1 saturated heterocycles. The van der Waals surface area contributed by atoms with Crippen LogP contribution in [0, 0.1) is 10.1 Å². The lowest BCUT2D eigenvalue weighted by Gasteiger charge is -2.25. The molecule has 2 N–H and O–H groups in total. The van der Waals surface area contributed by atoms with Crippen molar-refractivity contribution in [3.63, 3.8) is 0 Å². The van der Waals surface area contributed by atoms with Crippen LogP contribution in [0.3, 0.4) is 0 Å². The molecule has 1 aromatic carbocycles. The van der Waals surface area contributed by atoms with Gasteiger partial charge in [-0.1, -0.05) is 0 Å². The van der Waals surface area contributed by atoms with Crippen LogP contribution < -0.4 is 9.62 Å². The van der Waals surface area contributed by atoms with Crippen molar-refractivity contribution in [3.8, 4) is 0 Å². The highest BCUT2D eigenvalue weighted by Gasteiger charge is 2.30. The Hall–Kier alpha value is -1.71. The Morgan fingerprint density at radius 2 is 2.24 bits per heavy atom. The van der Waals surface area contributed by atoms with E-state index in [0.29, 0.717) is 12.2 Å². The predicted molar refractivity (Wildman–Crippen MR) is 76.8 cm³/mol. The van der Waals surface area contributed by atoms with Crippen LogP contribution in [-0.4, -0.2) is 44.7 Å². The van der Waals surface area contributed by atoms with Crippen molar-refractivity contribution in [2.24, 2.45) is 0 Å². The van der Waals surface area contributed by atoms with E-state index < -0.39 is 14.9 Å². The molecule has 1 heterocycles. The van der Waals surface area contributed by atoms with Gasteiger partial charge in [-0.25, -0.2) is 13.1 Å². The third-order valence-electron chi connectivity index (χ3n) is 3.62. The van der Waals surface area contributed by atoms with Gasteiger partial charge < -0.3 is 10.0 Å². The fraction of sp³-hybridized carbons (Fsp3) is 0.500. The first-order chi connectivity index (χ1) is 9.90. The lowest BCUT2D eigenvalue weighted by molar-refractivity contribution is -0.384. The van der Waals surface area contributed by atoms with Crippen LogP contribution in [0.2, 0.25) is 0 Å². The van der Waals surface area contributed by atoms with Crippen LogP contribution >= 0.6 is 0 Å². The Bertz CT molecular complexity index is 646. The maximum Gasteiger partial charge on any atom is 0.293 e. The van der Waals surface area contributed by atoms with Gasteiger partial charge in [0.1, 0.15) is 5.69 Å². The minimum atomic E-state index is -3.74. The molecule has 1 aliphatic rings. The van der Waals surface area contributed by atoms with Crippen molar-refractivity contribution in [1.29, 1.82) is 0 Å². The second-order valence-corrected chi connectivity index (χ2v) is 6.67. The summed E-state index contributed by atoms with van der Waals surface area (Å²) in [5.74, 6) is 0. The average molecular weight is 315 g/mol. The topological polar surface area (TPSA) is 113 Å². The van der Waals surface area contributed by atoms with Gasteiger partial charge >= 0.3 is 0 Å². The number of hydrogen-bond acceptors (Lipinski definition) is 6. The molecule has 0 aromatic heterocycles. The third kappa shape index (κ3) is 2.99. The number of nitrogens with zero attached hydrogens (tertiary/aromatic N) is 2. The maximum atomic E-state index is 11.7. The number of aliphatic hydroxyl groups is 1. The summed E-state index contributed by atoms with van der Waals surface area (Å²) in [6.07, 6.45) is 1.59. The van der Waals surface area contributed by atoms with E-state index in [2.05, 4.69) is 4.72 Å². The lowest BCUT2D eigenvalue weighted by atomic mass is 10.2. The van der Waals surface area contributed by atoms with E-state index in [-0.39, 0.29) is 23.2 Å². The minimum Gasteiger partial charge on any atom is -0.394 e. The van der Waals surface area contributed by atoms with Crippen LogP contribution in [0.1, 0.15) is 12.8 Å². The quantitative estimate of drug-likeness (QED) is 0.603. The number of aliphatic hydroxyl groups excluding tert-OH is 1. The molecule has 21 heavy (non-hydrogen) atoms. The second-order valence-electron chi connectivity index (χ2n) is 4.79. The minimum absolute atomic E-state index is 0.0896. The zero-order valence-electron chi connectivity index (χ0n) is 11.5. The number of rotatable bonds is 5. The van der Waals surface area contributed by atoms with E-state index in [4.69, 9.17) is 0 Å². The van der Waals surface area contributed by atoms with Crippen LogP contribution in [0.25, 0.3) is 0 Å². The summed E-state index contributed by atoms with van der Waals surface area (Å²) in [6, 6.07) is 3.64. The zero-order chi connectivity index (χ0) is 15.6. The van der Waals surface area contributed by atoms with Gasteiger partial charge in [-0.05, 0) is 32.0 Å². The highest BCUT2D eigenvalue weighted by Crippen LogP contribution is 2.35. The van der Waals surface area contributed by atoms with Crippen molar-refractivity contribution in [3.05, 3.63) is 28.3 Å². The SMILES string of the molecule is CNS(=O)(=O)c1ccc(N2CCC[C@@H]2CO)c([N+](=O)[O-])c1. The van der Waals surface area contributed by atoms with Crippen LogP contribution in [-0.2, 0) is 10.0 Å². The first-order valence-corrected chi connectivity index (χ1v) is 7.98. The molecule has 0 spiro atoms. The summed E-state index contributed by atoms with van der Waals surface area (Å²) in [7, 11) is -2.49. The predicted octanol–water partition coefficient (Wildman–Crippen LogP) is 0.464. The van der Waals surface area contributed by atoms with Crippen molar-refractivity contribution in [2.75, 3.05) is 25.1 Å². The van der Waals surface area contributed by atoms with Crippen molar-refractivity contribution in [1.82, 2.24) is 4.72 Å². The van der Waals surface area contributed by atoms with Gasteiger partial charge in [-0.15, -0.1) is 0 Å². The molecule has 0 saturated carbocycles. The molecule has 9 heteroatoms. The molecule has 8 nitrogen and oxygen atoms in total. The van der Waals surface area contributed by atoms with Crippen molar-refractivity contribution < 1.29 is 18.4 Å². The number of hydrogen-bond donors (Lipinski definition) is 2. The highest BCUT2D eigenvalue weighted by atomic mass is 32.2. The van der Waals surface area contributed by atoms with E-state index in [1.54, 1.807) is 4.90 Å². The van der Waals surface area contributed by atoms with E-state index in [9.17, 15) is 23.6 Å². The smallest absolute Gasteiger partial charge is 0.293 e. The van der Waals surface area contributed by atoms with Crippen LogP contribution in [0.4, 0.5) is 11.4 Å². The van der Waals surface area contributed by atoms with Crippen molar-refractivity contribution in [2.45, 2.75) is 23.8 Å². The summed E-state index contributed by atoms with van der Waals surface area (Å²) in [5.41, 5.74) is 0.0679. The van der Waals surface area contributed by atoms with E-state index in [1.165, 1.54) is 19.2 Å². The number of anilines is 1. The Balaban J connectivity index is 2.50. The van der Waals surface area contributed by atoms with Crippen molar-refractivity contribution >= 4 is 21.4 Å².